The maximum Gasteiger partial charge on any atom is 0.226 e. The van der Waals surface area contributed by atoms with Gasteiger partial charge in [-0.25, -0.2) is 4.98 Å². The van der Waals surface area contributed by atoms with Crippen LogP contribution in [0.2, 0.25) is 0 Å². The third-order valence-electron chi connectivity index (χ3n) is 3.49. The van der Waals surface area contributed by atoms with Crippen molar-refractivity contribution in [2.45, 2.75) is 25.3 Å². The highest BCUT2D eigenvalue weighted by Gasteiger charge is 2.37. The molecule has 8 heteroatoms. The third kappa shape index (κ3) is 3.27. The van der Waals surface area contributed by atoms with E-state index in [-0.39, 0.29) is 11.3 Å². The van der Waals surface area contributed by atoms with Crippen molar-refractivity contribution in [3.8, 4) is 0 Å². The molecule has 2 aromatic rings. The Hall–Kier alpha value is -1.80. The van der Waals surface area contributed by atoms with Crippen LogP contribution < -0.4 is 5.32 Å². The first kappa shape index (κ1) is 14.2. The summed E-state index contributed by atoms with van der Waals surface area (Å²) in [5.74, 6) is -0.0272. The Morgan fingerprint density at radius 1 is 1.57 bits per heavy atom. The van der Waals surface area contributed by atoms with Crippen molar-refractivity contribution in [2.75, 3.05) is 19.8 Å². The molecule has 3 heterocycles. The van der Waals surface area contributed by atoms with E-state index in [1.807, 2.05) is 11.6 Å². The number of carbonyl (C=O) groups excluding carboxylic acids is 1. The second-order valence-electron chi connectivity index (χ2n) is 5.43. The number of thiazole rings is 1. The lowest BCUT2D eigenvalue weighted by atomic mass is 9.85. The molecule has 1 fully saturated rings. The molecule has 3 rings (SSSR count). The van der Waals surface area contributed by atoms with E-state index in [0.717, 1.165) is 11.4 Å². The summed E-state index contributed by atoms with van der Waals surface area (Å²) in [5, 5.41) is 13.0. The van der Waals surface area contributed by atoms with Crippen molar-refractivity contribution >= 4 is 17.2 Å². The highest BCUT2D eigenvalue weighted by atomic mass is 32.1. The molecule has 1 aliphatic heterocycles. The summed E-state index contributed by atoms with van der Waals surface area (Å²) in [6, 6.07) is 0. The molecule has 112 valence electrons. The molecule has 1 amide bonds. The van der Waals surface area contributed by atoms with Crippen molar-refractivity contribution in [3.63, 3.8) is 0 Å². The predicted molar refractivity (Wildman–Crippen MR) is 77.0 cm³/mol. The average Bonchev–Trinajstić information content (AvgIpc) is 3.07. The van der Waals surface area contributed by atoms with Crippen molar-refractivity contribution in [1.82, 2.24) is 25.3 Å². The Labute approximate surface area is 126 Å². The SMILES string of the molecule is CC1(c2cn(CCNC(=O)Cc3cscn3)nn2)COC1. The van der Waals surface area contributed by atoms with Gasteiger partial charge >= 0.3 is 0 Å². The molecule has 1 N–H and O–H groups in total. The maximum atomic E-state index is 11.7. The van der Waals surface area contributed by atoms with Gasteiger partial charge in [-0.1, -0.05) is 5.21 Å². The summed E-state index contributed by atoms with van der Waals surface area (Å²) in [6.07, 6.45) is 2.25. The van der Waals surface area contributed by atoms with Crippen LogP contribution in [0, 0.1) is 0 Å². The Kier molecular flexibility index (Phi) is 3.98. The lowest BCUT2D eigenvalue weighted by Crippen LogP contribution is -2.44. The van der Waals surface area contributed by atoms with Gasteiger partial charge in [0.15, 0.2) is 0 Å². The number of amides is 1. The summed E-state index contributed by atoms with van der Waals surface area (Å²) >= 11 is 1.49. The van der Waals surface area contributed by atoms with Crippen LogP contribution in [0.3, 0.4) is 0 Å². The van der Waals surface area contributed by atoms with Gasteiger partial charge in [-0.05, 0) is 6.92 Å². The molecule has 7 nitrogen and oxygen atoms in total. The van der Waals surface area contributed by atoms with E-state index >= 15 is 0 Å². The minimum Gasteiger partial charge on any atom is -0.379 e. The molecule has 21 heavy (non-hydrogen) atoms. The molecule has 0 bridgehead atoms. The fourth-order valence-corrected chi connectivity index (χ4v) is 2.66. The van der Waals surface area contributed by atoms with Gasteiger partial charge in [0.05, 0.1) is 48.5 Å². The van der Waals surface area contributed by atoms with E-state index in [1.54, 1.807) is 10.2 Å². The number of ether oxygens (including phenoxy) is 1. The maximum absolute atomic E-state index is 11.7. The van der Waals surface area contributed by atoms with Gasteiger partial charge in [0, 0.05) is 18.1 Å². The summed E-state index contributed by atoms with van der Waals surface area (Å²) in [4.78, 5) is 15.8. The van der Waals surface area contributed by atoms with E-state index in [9.17, 15) is 4.79 Å². The van der Waals surface area contributed by atoms with E-state index in [2.05, 4.69) is 27.5 Å². The number of nitrogens with zero attached hydrogens (tertiary/aromatic N) is 4. The smallest absolute Gasteiger partial charge is 0.226 e. The molecule has 0 saturated carbocycles. The first-order valence-electron chi connectivity index (χ1n) is 6.78. The fraction of sp³-hybridized carbons (Fsp3) is 0.538. The molecule has 1 saturated heterocycles. The highest BCUT2D eigenvalue weighted by molar-refractivity contribution is 7.07. The summed E-state index contributed by atoms with van der Waals surface area (Å²) in [6.45, 7) is 4.62. The quantitative estimate of drug-likeness (QED) is 0.834. The first-order chi connectivity index (χ1) is 10.2. The molecule has 2 aromatic heterocycles. The van der Waals surface area contributed by atoms with Gasteiger partial charge in [0.1, 0.15) is 0 Å². The van der Waals surface area contributed by atoms with Crippen LogP contribution in [-0.4, -0.2) is 45.6 Å². The van der Waals surface area contributed by atoms with E-state index < -0.39 is 0 Å². The zero-order valence-electron chi connectivity index (χ0n) is 11.8. The van der Waals surface area contributed by atoms with E-state index in [0.29, 0.717) is 32.7 Å². The summed E-state index contributed by atoms with van der Waals surface area (Å²) in [7, 11) is 0. The Bertz CT molecular complexity index is 606. The van der Waals surface area contributed by atoms with E-state index in [1.165, 1.54) is 11.3 Å². The number of hydrogen-bond donors (Lipinski definition) is 1. The number of carbonyl (C=O) groups is 1. The fourth-order valence-electron chi connectivity index (χ4n) is 2.10. The largest absolute Gasteiger partial charge is 0.379 e. The zero-order valence-corrected chi connectivity index (χ0v) is 12.6. The van der Waals surface area contributed by atoms with Crippen LogP contribution in [0.5, 0.6) is 0 Å². The summed E-state index contributed by atoms with van der Waals surface area (Å²) in [5.41, 5.74) is 3.47. The predicted octanol–water partition coefficient (Wildman–Crippen LogP) is 0.381. The second kappa shape index (κ2) is 5.90. The molecular weight excluding hydrogens is 290 g/mol. The van der Waals surface area contributed by atoms with Crippen molar-refractivity contribution < 1.29 is 9.53 Å². The Balaban J connectivity index is 1.44. The standard InChI is InChI=1S/C13H17N5O2S/c1-13(7-20-8-13)11-5-18(17-16-11)3-2-14-12(19)4-10-6-21-9-15-10/h5-6,9H,2-4,7-8H2,1H3,(H,14,19). The van der Waals surface area contributed by atoms with Crippen LogP contribution in [0.25, 0.3) is 0 Å². The summed E-state index contributed by atoms with van der Waals surface area (Å²) < 4.78 is 6.98. The van der Waals surface area contributed by atoms with Gasteiger partial charge in [0.2, 0.25) is 5.91 Å². The van der Waals surface area contributed by atoms with Crippen LogP contribution in [0.4, 0.5) is 0 Å². The van der Waals surface area contributed by atoms with Gasteiger partial charge < -0.3 is 10.1 Å². The van der Waals surface area contributed by atoms with Crippen LogP contribution in [-0.2, 0) is 27.9 Å². The minimum atomic E-state index is -0.0272. The van der Waals surface area contributed by atoms with Crippen LogP contribution >= 0.6 is 11.3 Å². The number of rotatable bonds is 6. The average molecular weight is 307 g/mol. The molecule has 0 aliphatic carbocycles. The molecule has 0 spiro atoms. The zero-order chi connectivity index (χ0) is 14.7. The molecule has 0 unspecified atom stereocenters. The second-order valence-corrected chi connectivity index (χ2v) is 6.15. The highest BCUT2D eigenvalue weighted by Crippen LogP contribution is 2.29. The lowest BCUT2D eigenvalue weighted by molar-refractivity contribution is -0.120. The number of hydrogen-bond acceptors (Lipinski definition) is 6. The van der Waals surface area contributed by atoms with E-state index in [4.69, 9.17) is 4.74 Å². The van der Waals surface area contributed by atoms with Crippen molar-refractivity contribution in [3.05, 3.63) is 28.5 Å². The van der Waals surface area contributed by atoms with Crippen molar-refractivity contribution in [2.24, 2.45) is 0 Å². The molecule has 0 radical (unpaired) electrons. The van der Waals surface area contributed by atoms with Crippen LogP contribution in [0.15, 0.2) is 17.1 Å². The Morgan fingerprint density at radius 2 is 2.43 bits per heavy atom. The lowest BCUT2D eigenvalue weighted by Gasteiger charge is -2.35. The minimum absolute atomic E-state index is 0.00782. The monoisotopic (exact) mass is 307 g/mol. The normalized spacial score (nSPS) is 16.4. The third-order valence-corrected chi connectivity index (χ3v) is 4.12. The van der Waals surface area contributed by atoms with Crippen molar-refractivity contribution in [1.29, 1.82) is 0 Å². The topological polar surface area (TPSA) is 81.9 Å². The molecule has 1 aliphatic rings. The molecule has 0 aromatic carbocycles. The van der Waals surface area contributed by atoms with Gasteiger partial charge in [0.25, 0.3) is 0 Å². The number of nitrogens with one attached hydrogen (secondary N) is 1. The van der Waals surface area contributed by atoms with Gasteiger partial charge in [-0.3, -0.25) is 9.48 Å². The Morgan fingerprint density at radius 3 is 3.10 bits per heavy atom. The first-order valence-corrected chi connectivity index (χ1v) is 7.72. The van der Waals surface area contributed by atoms with Gasteiger partial charge in [-0.15, -0.1) is 16.4 Å². The molecule has 0 atom stereocenters. The number of aromatic nitrogens is 4. The molecular formula is C13H17N5O2S. The van der Waals surface area contributed by atoms with Gasteiger partial charge in [-0.2, -0.15) is 0 Å². The van der Waals surface area contributed by atoms with Crippen LogP contribution in [0.1, 0.15) is 18.3 Å².